The first-order valence-corrected chi connectivity index (χ1v) is 18.4. The summed E-state index contributed by atoms with van der Waals surface area (Å²) in [5, 5.41) is 4.64. The van der Waals surface area contributed by atoms with Gasteiger partial charge in [0.05, 0.1) is 55.8 Å². The van der Waals surface area contributed by atoms with Crippen molar-refractivity contribution in [2.24, 2.45) is 0 Å². The Morgan fingerprint density at radius 2 is 1.54 bits per heavy atom. The zero-order valence-corrected chi connectivity index (χ0v) is 32.5. The lowest BCUT2D eigenvalue weighted by Gasteiger charge is -2.14. The first kappa shape index (κ1) is 45.0. The molecule has 4 aromatic heterocycles. The SMILES string of the molecule is C(#Cc1cnc[nH]1)c1cn2cc(-c3cnc[nH]3)sc2n1.CC(=O)NCC(=O)N1CCCC1.CCC.CCC.CN1CCCC1.COC(=O)NCC=O. The molecule has 3 amide bonds. The molecule has 0 aromatic carbocycles. The largest absolute Gasteiger partial charge is 0.453 e. The van der Waals surface area contributed by atoms with Gasteiger partial charge in [-0.25, -0.2) is 19.7 Å². The summed E-state index contributed by atoms with van der Waals surface area (Å²) < 4.78 is 6.11. The molecular weight excluding hydrogens is 685 g/mol. The number of carbonyl (C=O) groups is 4. The van der Waals surface area contributed by atoms with Gasteiger partial charge in [-0.05, 0) is 57.7 Å². The molecule has 0 spiro atoms. The predicted molar refractivity (Wildman–Crippen MR) is 205 cm³/mol. The van der Waals surface area contributed by atoms with Crippen LogP contribution < -0.4 is 10.6 Å². The van der Waals surface area contributed by atoms with Gasteiger partial charge < -0.3 is 39.9 Å². The van der Waals surface area contributed by atoms with E-state index in [1.54, 1.807) is 41.3 Å². The van der Waals surface area contributed by atoms with E-state index in [0.29, 0.717) is 6.29 Å². The summed E-state index contributed by atoms with van der Waals surface area (Å²) in [6, 6.07) is 0. The highest BCUT2D eigenvalue weighted by Gasteiger charge is 2.17. The standard InChI is InChI=1S/C13H8N6S.C8H14N2O2.C5H11N.C4H7NO3.2C3H8/c1(9-3-14-7-16-9)2-10-5-19-6-12(20-13(19)18-10)11-4-15-8-17-11;1-7(11)9-6-8(12)10-4-2-3-5-10;1-6-4-2-3-5-6;1-8-4(7)5-2-3-6;2*1-3-2/h3-8H,(H,14,16)(H,15,17);2-6H2,1H3,(H,9,11);2-5H2,1H3;3H,2H2,1H3,(H,5,7);2*3H2,1-2H3. The highest BCUT2D eigenvalue weighted by atomic mass is 32.1. The van der Waals surface area contributed by atoms with Crippen LogP contribution in [0.1, 0.15) is 84.5 Å². The number of thiazole rings is 1. The second-order valence-corrected chi connectivity index (χ2v) is 12.6. The molecule has 6 heterocycles. The maximum atomic E-state index is 11.3. The van der Waals surface area contributed by atoms with Gasteiger partial charge in [-0.3, -0.25) is 14.0 Å². The average molecular weight is 741 g/mol. The number of aldehydes is 1. The van der Waals surface area contributed by atoms with Crippen LogP contribution in [-0.4, -0.2) is 117 Å². The van der Waals surface area contributed by atoms with E-state index in [1.807, 2.05) is 16.8 Å². The number of nitrogens with one attached hydrogen (secondary N) is 4. The lowest BCUT2D eigenvalue weighted by Crippen LogP contribution is -2.37. The molecule has 0 atom stereocenters. The molecule has 6 rings (SSSR count). The number of aromatic amines is 2. The number of H-pyrrole nitrogens is 2. The van der Waals surface area contributed by atoms with Crippen LogP contribution >= 0.6 is 11.3 Å². The van der Waals surface area contributed by atoms with Gasteiger partial charge in [0.1, 0.15) is 17.7 Å². The second-order valence-electron chi connectivity index (χ2n) is 11.6. The normalized spacial score (nSPS) is 12.6. The Labute approximate surface area is 311 Å². The van der Waals surface area contributed by atoms with Gasteiger partial charge in [0.2, 0.25) is 11.8 Å². The quantitative estimate of drug-likeness (QED) is 0.166. The van der Waals surface area contributed by atoms with E-state index in [-0.39, 0.29) is 24.9 Å². The number of nitrogens with zero attached hydrogens (tertiary/aromatic N) is 6. The molecule has 0 bridgehead atoms. The molecule has 52 heavy (non-hydrogen) atoms. The second kappa shape index (κ2) is 27.7. The van der Waals surface area contributed by atoms with Crippen molar-refractivity contribution in [2.75, 3.05) is 53.4 Å². The zero-order chi connectivity index (χ0) is 38.6. The Balaban J connectivity index is 0.000000361. The first-order chi connectivity index (χ1) is 25.1. The van der Waals surface area contributed by atoms with E-state index in [0.717, 1.165) is 52.9 Å². The summed E-state index contributed by atoms with van der Waals surface area (Å²) in [7, 11) is 3.41. The summed E-state index contributed by atoms with van der Waals surface area (Å²) in [5.74, 6) is 5.87. The number of ether oxygens (including phenoxy) is 1. The van der Waals surface area contributed by atoms with Gasteiger partial charge in [-0.2, -0.15) is 0 Å². The molecule has 2 saturated heterocycles. The number of hydrogen-bond donors (Lipinski definition) is 4. The number of aromatic nitrogens is 6. The zero-order valence-electron chi connectivity index (χ0n) is 31.7. The lowest BCUT2D eigenvalue weighted by atomic mass is 10.4. The third-order valence-electron chi connectivity index (χ3n) is 6.54. The maximum absolute atomic E-state index is 11.3. The molecule has 4 aromatic rings. The molecule has 4 N–H and O–H groups in total. The number of methoxy groups -OCH3 is 1. The van der Waals surface area contributed by atoms with E-state index in [4.69, 9.17) is 0 Å². The predicted octanol–water partition coefficient (Wildman–Crippen LogP) is 4.74. The van der Waals surface area contributed by atoms with E-state index >= 15 is 0 Å². The Hall–Kier alpha value is -5.01. The number of likely N-dealkylation sites (tertiary alicyclic amines) is 2. The van der Waals surface area contributed by atoms with Gasteiger partial charge in [0.25, 0.3) is 0 Å². The number of amides is 3. The number of hydrogen-bond acceptors (Lipinski definition) is 10. The van der Waals surface area contributed by atoms with E-state index in [1.165, 1.54) is 52.8 Å². The maximum Gasteiger partial charge on any atom is 0.407 e. The van der Waals surface area contributed by atoms with Crippen molar-refractivity contribution in [1.29, 1.82) is 0 Å². The van der Waals surface area contributed by atoms with Gasteiger partial charge in [0.15, 0.2) is 4.96 Å². The van der Waals surface area contributed by atoms with Gasteiger partial charge >= 0.3 is 6.09 Å². The molecule has 0 aliphatic carbocycles. The van der Waals surface area contributed by atoms with Crippen LogP contribution in [0, 0.1) is 11.8 Å². The molecular formula is C36H56N10O5S. The lowest BCUT2D eigenvalue weighted by molar-refractivity contribution is -0.131. The van der Waals surface area contributed by atoms with Crippen LogP contribution in [0.4, 0.5) is 4.79 Å². The molecule has 15 nitrogen and oxygen atoms in total. The fourth-order valence-corrected chi connectivity index (χ4v) is 5.12. The molecule has 286 valence electrons. The third kappa shape index (κ3) is 19.4. The van der Waals surface area contributed by atoms with Gasteiger partial charge in [-0.15, -0.1) is 0 Å². The number of rotatable bonds is 5. The summed E-state index contributed by atoms with van der Waals surface area (Å²) in [5.41, 5.74) is 2.51. The number of imidazole rings is 3. The van der Waals surface area contributed by atoms with Crippen molar-refractivity contribution < 1.29 is 23.9 Å². The summed E-state index contributed by atoms with van der Waals surface area (Å²) >= 11 is 1.59. The van der Waals surface area contributed by atoms with Crippen molar-refractivity contribution >= 4 is 40.5 Å². The average Bonchev–Trinajstić information content (AvgIpc) is 3.98. The molecule has 2 fully saturated rings. The Morgan fingerprint density at radius 1 is 0.923 bits per heavy atom. The van der Waals surface area contributed by atoms with Crippen LogP contribution in [0.15, 0.2) is 37.4 Å². The first-order valence-electron chi connectivity index (χ1n) is 17.6. The van der Waals surface area contributed by atoms with Gasteiger partial charge in [-0.1, -0.05) is 51.9 Å². The van der Waals surface area contributed by atoms with E-state index in [9.17, 15) is 19.2 Å². The summed E-state index contributed by atoms with van der Waals surface area (Å²) in [6.45, 7) is 14.4. The van der Waals surface area contributed by atoms with Crippen molar-refractivity contribution in [1.82, 2.24) is 49.8 Å². The van der Waals surface area contributed by atoms with Crippen LogP contribution in [0.5, 0.6) is 0 Å². The summed E-state index contributed by atoms with van der Waals surface area (Å²) in [4.78, 5) is 66.0. The monoisotopic (exact) mass is 740 g/mol. The number of fused-ring (bicyclic) bond motifs is 1. The van der Waals surface area contributed by atoms with Crippen LogP contribution in [-0.2, 0) is 19.1 Å². The molecule has 2 aliphatic rings. The topological polar surface area (TPSA) is 183 Å². The summed E-state index contributed by atoms with van der Waals surface area (Å²) in [6.07, 6.45) is 18.2. The fourth-order valence-electron chi connectivity index (χ4n) is 4.18. The third-order valence-corrected chi connectivity index (χ3v) is 7.57. The highest BCUT2D eigenvalue weighted by Crippen LogP contribution is 2.26. The minimum atomic E-state index is -0.586. The van der Waals surface area contributed by atoms with E-state index < -0.39 is 6.09 Å². The van der Waals surface area contributed by atoms with Crippen molar-refractivity contribution in [2.45, 2.75) is 73.1 Å². The van der Waals surface area contributed by atoms with Crippen LogP contribution in [0.3, 0.4) is 0 Å². The number of carbonyl (C=O) groups excluding carboxylic acids is 4. The Bertz CT molecular complexity index is 1560. The van der Waals surface area contributed by atoms with E-state index in [2.05, 4.69) is 91.8 Å². The Kier molecular flexibility index (Phi) is 24.0. The van der Waals surface area contributed by atoms with Gasteiger partial charge in [0, 0.05) is 32.4 Å². The molecule has 0 radical (unpaired) electrons. The van der Waals surface area contributed by atoms with Crippen molar-refractivity contribution in [3.63, 3.8) is 0 Å². The smallest absolute Gasteiger partial charge is 0.407 e. The van der Waals surface area contributed by atoms with Crippen molar-refractivity contribution in [3.8, 4) is 22.4 Å². The molecule has 16 heteroatoms. The van der Waals surface area contributed by atoms with Crippen LogP contribution in [0.25, 0.3) is 15.5 Å². The molecule has 0 unspecified atom stereocenters. The molecule has 2 aliphatic heterocycles. The van der Waals surface area contributed by atoms with Crippen molar-refractivity contribution in [3.05, 3.63) is 48.8 Å². The Morgan fingerprint density at radius 3 is 2.02 bits per heavy atom. The molecule has 0 saturated carbocycles. The minimum Gasteiger partial charge on any atom is -0.453 e. The fraction of sp³-hybridized carbons (Fsp3) is 0.528. The number of alkyl carbamates (subject to hydrolysis) is 1. The highest BCUT2D eigenvalue weighted by molar-refractivity contribution is 7.20. The minimum absolute atomic E-state index is 0.00662. The van der Waals surface area contributed by atoms with Crippen LogP contribution in [0.2, 0.25) is 0 Å².